The van der Waals surface area contributed by atoms with Crippen LogP contribution in [0.1, 0.15) is 81.8 Å². The van der Waals surface area contributed by atoms with E-state index < -0.39 is 0 Å². The molecule has 1 saturated carbocycles. The van der Waals surface area contributed by atoms with E-state index in [1.165, 1.54) is 62.5 Å². The molecule has 1 aliphatic rings. The lowest BCUT2D eigenvalue weighted by atomic mass is 9.95. The van der Waals surface area contributed by atoms with E-state index in [0.717, 1.165) is 18.6 Å². The molecule has 1 N–H and O–H groups in total. The van der Waals surface area contributed by atoms with E-state index in [4.69, 9.17) is 5.41 Å². The van der Waals surface area contributed by atoms with Crippen LogP contribution < -0.4 is 0 Å². The van der Waals surface area contributed by atoms with Crippen molar-refractivity contribution in [2.75, 3.05) is 0 Å². The monoisotopic (exact) mass is 271 g/mol. The molecule has 0 aliphatic heterocycles. The van der Waals surface area contributed by atoms with Crippen molar-refractivity contribution in [2.45, 2.75) is 77.0 Å². The minimum Gasteiger partial charge on any atom is -0.310 e. The third-order valence-corrected chi connectivity index (χ3v) is 4.56. The summed E-state index contributed by atoms with van der Waals surface area (Å²) >= 11 is 0. The Bertz CT molecular complexity index is 404. The molecule has 1 heteroatoms. The third-order valence-electron chi connectivity index (χ3n) is 4.56. The molecule has 1 aliphatic carbocycles. The Balaban J connectivity index is 1.70. The Labute approximate surface area is 124 Å². The molecule has 2 rings (SSSR count). The summed E-state index contributed by atoms with van der Waals surface area (Å²) in [5, 5.41) is 7.73. The van der Waals surface area contributed by atoms with Crippen LogP contribution in [0.25, 0.3) is 0 Å². The molecular formula is C19H29N. The highest BCUT2D eigenvalue weighted by Crippen LogP contribution is 2.32. The number of hydrogen-bond acceptors (Lipinski definition) is 1. The van der Waals surface area contributed by atoms with E-state index in [9.17, 15) is 0 Å². The van der Waals surface area contributed by atoms with Crippen molar-refractivity contribution < 1.29 is 0 Å². The lowest BCUT2D eigenvalue weighted by Crippen LogP contribution is -1.94. The van der Waals surface area contributed by atoms with Gasteiger partial charge in [0.2, 0.25) is 0 Å². The van der Waals surface area contributed by atoms with Gasteiger partial charge in [-0.2, -0.15) is 0 Å². The lowest BCUT2D eigenvalue weighted by Gasteiger charge is -2.10. The molecule has 0 aromatic heterocycles. The molecule has 1 atom stereocenters. The molecule has 1 aromatic rings. The van der Waals surface area contributed by atoms with E-state index in [1.807, 2.05) is 0 Å². The second-order valence-electron chi connectivity index (χ2n) is 6.30. The fraction of sp³-hybridized carbons (Fsp3) is 0.632. The van der Waals surface area contributed by atoms with Gasteiger partial charge in [-0.3, -0.25) is 0 Å². The summed E-state index contributed by atoms with van der Waals surface area (Å²) in [6.45, 7) is 2.27. The van der Waals surface area contributed by atoms with Crippen molar-refractivity contribution in [3.63, 3.8) is 0 Å². The number of benzene rings is 1. The SMILES string of the molecule is CCCCCCCCc1ccc([C@@H]2CCC(=N)C2)cc1. The van der Waals surface area contributed by atoms with Crippen molar-refractivity contribution in [1.29, 1.82) is 5.41 Å². The maximum atomic E-state index is 7.73. The maximum absolute atomic E-state index is 7.73. The molecule has 1 fully saturated rings. The van der Waals surface area contributed by atoms with Crippen LogP contribution in [-0.2, 0) is 6.42 Å². The van der Waals surface area contributed by atoms with Crippen molar-refractivity contribution in [1.82, 2.24) is 0 Å². The summed E-state index contributed by atoms with van der Waals surface area (Å²) in [6.07, 6.45) is 12.6. The summed E-state index contributed by atoms with van der Waals surface area (Å²) in [4.78, 5) is 0. The predicted octanol–water partition coefficient (Wildman–Crippen LogP) is 5.88. The number of hydrogen-bond donors (Lipinski definition) is 1. The fourth-order valence-electron chi connectivity index (χ4n) is 3.20. The van der Waals surface area contributed by atoms with Gasteiger partial charge in [0.05, 0.1) is 0 Å². The van der Waals surface area contributed by atoms with E-state index in [-0.39, 0.29) is 0 Å². The van der Waals surface area contributed by atoms with Crippen LogP contribution in [0.5, 0.6) is 0 Å². The number of nitrogens with one attached hydrogen (secondary N) is 1. The average Bonchev–Trinajstić information content (AvgIpc) is 2.90. The smallest absolute Gasteiger partial charge is 0.00954 e. The van der Waals surface area contributed by atoms with Gasteiger partial charge in [0.15, 0.2) is 0 Å². The Kier molecular flexibility index (Phi) is 6.29. The van der Waals surface area contributed by atoms with Crippen molar-refractivity contribution in [3.05, 3.63) is 35.4 Å². The van der Waals surface area contributed by atoms with Crippen LogP contribution in [0.4, 0.5) is 0 Å². The van der Waals surface area contributed by atoms with Crippen molar-refractivity contribution in [2.24, 2.45) is 0 Å². The first-order chi connectivity index (χ1) is 9.79. The average molecular weight is 271 g/mol. The molecule has 0 unspecified atom stereocenters. The number of aryl methyl sites for hydroxylation is 1. The van der Waals surface area contributed by atoms with E-state index in [2.05, 4.69) is 31.2 Å². The van der Waals surface area contributed by atoms with Crippen LogP contribution in [0, 0.1) is 5.41 Å². The summed E-state index contributed by atoms with van der Waals surface area (Å²) in [5.74, 6) is 0.616. The molecule has 0 heterocycles. The Morgan fingerprint density at radius 2 is 1.70 bits per heavy atom. The standard InChI is InChI=1S/C19H29N/c1-2-3-4-5-6-7-8-16-9-11-17(12-10-16)18-13-14-19(20)15-18/h9-12,18,20H,2-8,13-15H2,1H3/t18-/m1/s1. The van der Waals surface area contributed by atoms with Gasteiger partial charge >= 0.3 is 0 Å². The zero-order valence-electron chi connectivity index (χ0n) is 13.0. The molecule has 0 radical (unpaired) electrons. The Morgan fingerprint density at radius 3 is 2.35 bits per heavy atom. The van der Waals surface area contributed by atoms with E-state index in [1.54, 1.807) is 0 Å². The highest BCUT2D eigenvalue weighted by Gasteiger charge is 2.20. The van der Waals surface area contributed by atoms with Crippen LogP contribution in [0.15, 0.2) is 24.3 Å². The van der Waals surface area contributed by atoms with E-state index in [0.29, 0.717) is 5.92 Å². The zero-order chi connectivity index (χ0) is 14.2. The first-order valence-corrected chi connectivity index (χ1v) is 8.44. The lowest BCUT2D eigenvalue weighted by molar-refractivity contribution is 0.607. The third kappa shape index (κ3) is 4.77. The van der Waals surface area contributed by atoms with Crippen LogP contribution in [0.2, 0.25) is 0 Å². The highest BCUT2D eigenvalue weighted by molar-refractivity contribution is 5.84. The van der Waals surface area contributed by atoms with Gasteiger partial charge in [0, 0.05) is 5.71 Å². The molecule has 0 spiro atoms. The maximum Gasteiger partial charge on any atom is 0.00954 e. The number of unbranched alkanes of at least 4 members (excludes halogenated alkanes) is 5. The van der Waals surface area contributed by atoms with Gasteiger partial charge in [-0.1, -0.05) is 63.3 Å². The summed E-state index contributed by atoms with van der Waals surface area (Å²) in [7, 11) is 0. The van der Waals surface area contributed by atoms with Gasteiger partial charge in [-0.25, -0.2) is 0 Å². The molecular weight excluding hydrogens is 242 g/mol. The van der Waals surface area contributed by atoms with E-state index >= 15 is 0 Å². The van der Waals surface area contributed by atoms with Crippen molar-refractivity contribution in [3.8, 4) is 0 Å². The molecule has 20 heavy (non-hydrogen) atoms. The second kappa shape index (κ2) is 8.24. The van der Waals surface area contributed by atoms with Gasteiger partial charge < -0.3 is 5.41 Å². The Hall–Kier alpha value is -1.11. The van der Waals surface area contributed by atoms with Gasteiger partial charge in [0.25, 0.3) is 0 Å². The normalized spacial score (nSPS) is 18.6. The molecule has 1 nitrogen and oxygen atoms in total. The minimum atomic E-state index is 0.616. The zero-order valence-corrected chi connectivity index (χ0v) is 13.0. The first-order valence-electron chi connectivity index (χ1n) is 8.44. The van der Waals surface area contributed by atoms with Gasteiger partial charge in [-0.15, -0.1) is 0 Å². The first kappa shape index (κ1) is 15.3. The van der Waals surface area contributed by atoms with Gasteiger partial charge in [-0.05, 0) is 49.1 Å². The topological polar surface area (TPSA) is 23.9 Å². The van der Waals surface area contributed by atoms with Crippen LogP contribution in [-0.4, -0.2) is 5.71 Å². The van der Waals surface area contributed by atoms with Crippen LogP contribution >= 0.6 is 0 Å². The quantitative estimate of drug-likeness (QED) is 0.571. The molecule has 0 saturated heterocycles. The minimum absolute atomic E-state index is 0.616. The molecule has 0 bridgehead atoms. The molecule has 1 aromatic carbocycles. The second-order valence-corrected chi connectivity index (χ2v) is 6.30. The predicted molar refractivity (Wildman–Crippen MR) is 87.8 cm³/mol. The van der Waals surface area contributed by atoms with Crippen LogP contribution in [0.3, 0.4) is 0 Å². The Morgan fingerprint density at radius 1 is 1.00 bits per heavy atom. The summed E-state index contributed by atoms with van der Waals surface area (Å²) in [5.41, 5.74) is 3.86. The molecule has 0 amide bonds. The summed E-state index contributed by atoms with van der Waals surface area (Å²) < 4.78 is 0. The number of rotatable bonds is 8. The highest BCUT2D eigenvalue weighted by atomic mass is 14.4. The molecule has 110 valence electrons. The largest absolute Gasteiger partial charge is 0.310 e. The van der Waals surface area contributed by atoms with Gasteiger partial charge in [0.1, 0.15) is 0 Å². The fourth-order valence-corrected chi connectivity index (χ4v) is 3.20. The van der Waals surface area contributed by atoms with Crippen molar-refractivity contribution >= 4 is 5.71 Å². The summed E-state index contributed by atoms with van der Waals surface area (Å²) in [6, 6.07) is 9.22.